The molecule has 8 nitrogen and oxygen atoms in total. The number of likely N-dealkylation sites (N-methyl/N-ethyl adjacent to an activating group) is 1. The number of ether oxygens (including phenoxy) is 2. The largest absolute Gasteiger partial charge is 0.472 e. The second kappa shape index (κ2) is 8.32. The second-order valence-electron chi connectivity index (χ2n) is 6.85. The molecule has 0 spiro atoms. The van der Waals surface area contributed by atoms with E-state index in [1.807, 2.05) is 12.1 Å². The molecule has 1 atom stereocenters. The number of methoxy groups -OCH3 is 1. The first kappa shape index (κ1) is 19.6. The van der Waals surface area contributed by atoms with E-state index in [4.69, 9.17) is 18.9 Å². The Hall–Kier alpha value is -2.75. The molecule has 0 bridgehead atoms. The van der Waals surface area contributed by atoms with Crippen LogP contribution in [0.1, 0.15) is 32.1 Å². The second-order valence-corrected chi connectivity index (χ2v) is 7.85. The average Bonchev–Trinajstić information content (AvgIpc) is 3.48. The summed E-state index contributed by atoms with van der Waals surface area (Å²) in [6, 6.07) is 5.73. The Balaban J connectivity index is 1.64. The van der Waals surface area contributed by atoms with Crippen molar-refractivity contribution in [2.24, 2.45) is 0 Å². The van der Waals surface area contributed by atoms with E-state index in [-0.39, 0.29) is 5.91 Å². The lowest BCUT2D eigenvalue weighted by Crippen LogP contribution is -2.31. The number of aromatic nitrogens is 1. The lowest BCUT2D eigenvalue weighted by molar-refractivity contribution is 0.0607. The third kappa shape index (κ3) is 4.02. The zero-order valence-electron chi connectivity index (χ0n) is 16.1. The molecule has 29 heavy (non-hydrogen) atoms. The van der Waals surface area contributed by atoms with E-state index in [0.717, 1.165) is 25.3 Å². The minimum absolute atomic E-state index is 0.307. The van der Waals surface area contributed by atoms with Gasteiger partial charge in [-0.2, -0.15) is 0 Å². The molecule has 0 aromatic carbocycles. The molecule has 1 fully saturated rings. The quantitative estimate of drug-likeness (QED) is 0.618. The molecule has 1 unspecified atom stereocenters. The van der Waals surface area contributed by atoms with Gasteiger partial charge in [0.1, 0.15) is 16.0 Å². The Morgan fingerprint density at radius 1 is 1.38 bits per heavy atom. The average molecular weight is 415 g/mol. The summed E-state index contributed by atoms with van der Waals surface area (Å²) in [7, 11) is 3.36. The van der Waals surface area contributed by atoms with E-state index < -0.39 is 5.97 Å². The van der Waals surface area contributed by atoms with Crippen molar-refractivity contribution in [2.45, 2.75) is 19.0 Å². The van der Waals surface area contributed by atoms with Crippen LogP contribution in [0.15, 0.2) is 35.1 Å². The number of amides is 1. The number of hydrogen-bond acceptors (Lipinski definition) is 8. The minimum atomic E-state index is -0.516. The zero-order chi connectivity index (χ0) is 20.4. The summed E-state index contributed by atoms with van der Waals surface area (Å²) in [5, 5.41) is 3.50. The van der Waals surface area contributed by atoms with Crippen molar-refractivity contribution in [3.8, 4) is 0 Å². The van der Waals surface area contributed by atoms with Gasteiger partial charge in [0.05, 0.1) is 36.9 Å². The topological polar surface area (TPSA) is 93.9 Å². The number of fused-ring (bicyclic) bond motifs is 1. The van der Waals surface area contributed by atoms with Crippen molar-refractivity contribution in [1.82, 2.24) is 9.88 Å². The third-order valence-corrected chi connectivity index (χ3v) is 6.03. The number of anilines is 1. The van der Waals surface area contributed by atoms with Gasteiger partial charge >= 0.3 is 5.97 Å². The van der Waals surface area contributed by atoms with Crippen LogP contribution < -0.4 is 5.32 Å². The Bertz CT molecular complexity index is 1020. The number of rotatable bonds is 6. The first-order chi connectivity index (χ1) is 14.1. The van der Waals surface area contributed by atoms with Crippen LogP contribution in [-0.4, -0.2) is 55.2 Å². The first-order valence-electron chi connectivity index (χ1n) is 9.19. The molecule has 1 saturated heterocycles. The Morgan fingerprint density at radius 2 is 2.24 bits per heavy atom. The molecule has 3 aromatic heterocycles. The molecule has 4 heterocycles. The Morgan fingerprint density at radius 3 is 2.93 bits per heavy atom. The molecule has 4 rings (SSSR count). The normalized spacial score (nSPS) is 16.4. The van der Waals surface area contributed by atoms with E-state index in [9.17, 15) is 9.59 Å². The molecular formula is C20H21N3O5S. The number of pyridine rings is 1. The highest BCUT2D eigenvalue weighted by Gasteiger charge is 2.24. The van der Waals surface area contributed by atoms with Gasteiger partial charge in [-0.15, -0.1) is 11.3 Å². The number of thiophene rings is 1. The van der Waals surface area contributed by atoms with E-state index in [0.29, 0.717) is 38.9 Å². The molecule has 1 aliphatic rings. The van der Waals surface area contributed by atoms with E-state index >= 15 is 0 Å². The van der Waals surface area contributed by atoms with Gasteiger partial charge in [0.2, 0.25) is 0 Å². The molecule has 1 N–H and O–H groups in total. The van der Waals surface area contributed by atoms with Gasteiger partial charge in [-0.05, 0) is 31.7 Å². The lowest BCUT2D eigenvalue weighted by atomic mass is 10.2. The van der Waals surface area contributed by atoms with E-state index in [1.165, 1.54) is 31.0 Å². The van der Waals surface area contributed by atoms with Crippen molar-refractivity contribution in [3.63, 3.8) is 0 Å². The van der Waals surface area contributed by atoms with Crippen molar-refractivity contribution < 1.29 is 23.5 Å². The minimum Gasteiger partial charge on any atom is -0.472 e. The van der Waals surface area contributed by atoms with Crippen LogP contribution in [0.2, 0.25) is 0 Å². The fourth-order valence-electron chi connectivity index (χ4n) is 3.30. The number of carbonyl (C=O) groups excluding carboxylic acids is 2. The summed E-state index contributed by atoms with van der Waals surface area (Å²) >= 11 is 1.20. The van der Waals surface area contributed by atoms with Crippen LogP contribution in [0.3, 0.4) is 0 Å². The maximum absolute atomic E-state index is 12.5. The molecule has 9 heteroatoms. The number of carbonyl (C=O) groups is 2. The van der Waals surface area contributed by atoms with E-state index in [2.05, 4.69) is 17.3 Å². The highest BCUT2D eigenvalue weighted by Crippen LogP contribution is 2.36. The highest BCUT2D eigenvalue weighted by atomic mass is 32.1. The highest BCUT2D eigenvalue weighted by molar-refractivity contribution is 7.21. The smallest absolute Gasteiger partial charge is 0.350 e. The molecule has 1 amide bonds. The predicted molar refractivity (Wildman–Crippen MR) is 108 cm³/mol. The maximum Gasteiger partial charge on any atom is 0.350 e. The van der Waals surface area contributed by atoms with Gasteiger partial charge < -0.3 is 19.2 Å². The fourth-order valence-corrected chi connectivity index (χ4v) is 4.37. The first-order valence-corrected chi connectivity index (χ1v) is 10.0. The van der Waals surface area contributed by atoms with Crippen molar-refractivity contribution >= 4 is 39.1 Å². The van der Waals surface area contributed by atoms with Gasteiger partial charge in [-0.25, -0.2) is 9.78 Å². The summed E-state index contributed by atoms with van der Waals surface area (Å²) in [5.74, 6) is -0.883. The maximum atomic E-state index is 12.5. The molecule has 1 aliphatic heterocycles. The van der Waals surface area contributed by atoms with Crippen molar-refractivity contribution in [3.05, 3.63) is 46.9 Å². The summed E-state index contributed by atoms with van der Waals surface area (Å²) in [6.45, 7) is 2.19. The van der Waals surface area contributed by atoms with Crippen LogP contribution >= 0.6 is 11.3 Å². The number of furan rings is 1. The predicted octanol–water partition coefficient (Wildman–Crippen LogP) is 3.15. The standard InChI is InChI=1S/C20H21N3O5S/c1-23(14-6-8-28-11-14)9-13-3-4-15-16(22-18(24)12-5-7-27-10-12)17(20(25)26-2)29-19(15)21-13/h3-5,7,10,14H,6,8-9,11H2,1-2H3,(H,22,24). The molecular weight excluding hydrogens is 394 g/mol. The number of esters is 1. The number of nitrogens with one attached hydrogen (secondary N) is 1. The van der Waals surface area contributed by atoms with Gasteiger partial charge in [0, 0.05) is 24.6 Å². The molecule has 0 aliphatic carbocycles. The number of nitrogens with zero attached hydrogens (tertiary/aromatic N) is 2. The fraction of sp³-hybridized carbons (Fsp3) is 0.350. The van der Waals surface area contributed by atoms with E-state index in [1.54, 1.807) is 6.07 Å². The Kier molecular flexibility index (Phi) is 5.61. The van der Waals surface area contributed by atoms with Crippen molar-refractivity contribution in [2.75, 3.05) is 32.7 Å². The van der Waals surface area contributed by atoms with Crippen LogP contribution in [-0.2, 0) is 16.0 Å². The van der Waals surface area contributed by atoms with Gasteiger partial charge in [-0.3, -0.25) is 9.69 Å². The lowest BCUT2D eigenvalue weighted by Gasteiger charge is -2.22. The van der Waals surface area contributed by atoms with Crippen LogP contribution in [0.5, 0.6) is 0 Å². The summed E-state index contributed by atoms with van der Waals surface area (Å²) in [4.78, 5) is 32.7. The van der Waals surface area contributed by atoms with Gasteiger partial charge in [-0.1, -0.05) is 0 Å². The molecule has 0 saturated carbocycles. The monoisotopic (exact) mass is 415 g/mol. The van der Waals surface area contributed by atoms with Crippen LogP contribution in [0.25, 0.3) is 10.2 Å². The summed E-state index contributed by atoms with van der Waals surface area (Å²) < 4.78 is 15.3. The molecule has 0 radical (unpaired) electrons. The molecule has 3 aromatic rings. The Labute approximate surface area is 171 Å². The number of hydrogen-bond donors (Lipinski definition) is 1. The van der Waals surface area contributed by atoms with Crippen LogP contribution in [0.4, 0.5) is 5.69 Å². The van der Waals surface area contributed by atoms with Crippen LogP contribution in [0, 0.1) is 0 Å². The zero-order valence-corrected chi connectivity index (χ0v) is 17.0. The van der Waals surface area contributed by atoms with Gasteiger partial charge in [0.25, 0.3) is 5.91 Å². The summed E-state index contributed by atoms with van der Waals surface area (Å²) in [5.41, 5.74) is 1.65. The molecule has 152 valence electrons. The summed E-state index contributed by atoms with van der Waals surface area (Å²) in [6.07, 6.45) is 3.77. The SMILES string of the molecule is COC(=O)c1sc2nc(CN(C)C3CCOC3)ccc2c1NC(=O)c1ccoc1. The van der Waals surface area contributed by atoms with Crippen molar-refractivity contribution in [1.29, 1.82) is 0 Å². The van der Waals surface area contributed by atoms with Gasteiger partial charge in [0.15, 0.2) is 0 Å². The third-order valence-electron chi connectivity index (χ3n) is 4.95.